The number of hydrogen-bond donors (Lipinski definition) is 2. The van der Waals surface area contributed by atoms with Gasteiger partial charge in [0, 0.05) is 29.2 Å². The highest BCUT2D eigenvalue weighted by Crippen LogP contribution is 2.16. The molecule has 0 spiro atoms. The Kier molecular flexibility index (Phi) is 5.93. The average Bonchev–Trinajstić information content (AvgIpc) is 2.64. The summed E-state index contributed by atoms with van der Waals surface area (Å²) in [5.41, 5.74) is 4.60. The lowest BCUT2D eigenvalue weighted by Crippen LogP contribution is -2.26. The van der Waals surface area contributed by atoms with Gasteiger partial charge in [-0.2, -0.15) is 0 Å². The zero-order valence-corrected chi connectivity index (χ0v) is 16.7. The van der Waals surface area contributed by atoms with E-state index in [1.54, 1.807) is 36.5 Å². The van der Waals surface area contributed by atoms with Crippen molar-refractivity contribution >= 4 is 23.2 Å². The largest absolute Gasteiger partial charge is 0.325 e. The van der Waals surface area contributed by atoms with E-state index in [9.17, 15) is 14.4 Å². The molecule has 2 aromatic carbocycles. The summed E-state index contributed by atoms with van der Waals surface area (Å²) in [5, 5.41) is 5.62. The molecule has 3 aromatic rings. The van der Waals surface area contributed by atoms with E-state index in [1.807, 2.05) is 39.0 Å². The molecule has 2 N–H and O–H groups in total. The molecule has 1 heterocycles. The average molecular weight is 389 g/mol. The summed E-state index contributed by atoms with van der Waals surface area (Å²) in [6, 6.07) is 15.6. The molecule has 0 radical (unpaired) electrons. The molecule has 0 fully saturated rings. The van der Waals surface area contributed by atoms with Crippen molar-refractivity contribution in [2.75, 3.05) is 10.6 Å². The van der Waals surface area contributed by atoms with Crippen molar-refractivity contribution < 1.29 is 9.59 Å². The van der Waals surface area contributed by atoms with Crippen LogP contribution < -0.4 is 16.2 Å². The lowest BCUT2D eigenvalue weighted by Gasteiger charge is -2.10. The van der Waals surface area contributed by atoms with Gasteiger partial charge >= 0.3 is 0 Å². The molecular weight excluding hydrogens is 366 g/mol. The molecule has 0 atom stereocenters. The zero-order chi connectivity index (χ0) is 21.0. The highest BCUT2D eigenvalue weighted by Gasteiger charge is 2.09. The van der Waals surface area contributed by atoms with E-state index in [0.717, 1.165) is 22.4 Å². The third-order valence-electron chi connectivity index (χ3n) is 4.36. The van der Waals surface area contributed by atoms with E-state index in [1.165, 1.54) is 10.6 Å². The third kappa shape index (κ3) is 5.42. The Balaban J connectivity index is 1.63. The van der Waals surface area contributed by atoms with Gasteiger partial charge in [-0.15, -0.1) is 0 Å². The van der Waals surface area contributed by atoms with Crippen LogP contribution in [0.5, 0.6) is 0 Å². The van der Waals surface area contributed by atoms with E-state index in [0.29, 0.717) is 11.3 Å². The van der Waals surface area contributed by atoms with Crippen molar-refractivity contribution in [1.82, 2.24) is 4.57 Å². The van der Waals surface area contributed by atoms with E-state index in [4.69, 9.17) is 0 Å². The summed E-state index contributed by atoms with van der Waals surface area (Å²) in [7, 11) is 0. The number of anilines is 2. The molecule has 1 aromatic heterocycles. The number of amides is 2. The maximum Gasteiger partial charge on any atom is 0.255 e. The van der Waals surface area contributed by atoms with Crippen LogP contribution in [0.4, 0.5) is 11.4 Å². The second-order valence-electron chi connectivity index (χ2n) is 7.13. The standard InChI is InChI=1S/C23H23N3O3/c1-15-4-9-22(28)26(13-15)14-21(27)24-19-7-5-18(6-8-19)23(29)25-20-11-16(2)10-17(3)12-20/h4-13H,14H2,1-3H3,(H,24,27)(H,25,29). The van der Waals surface area contributed by atoms with Gasteiger partial charge in [-0.25, -0.2) is 0 Å². The number of carbonyl (C=O) groups is 2. The Morgan fingerprint density at radius 2 is 1.45 bits per heavy atom. The fourth-order valence-electron chi connectivity index (χ4n) is 3.08. The van der Waals surface area contributed by atoms with E-state index < -0.39 is 0 Å². The highest BCUT2D eigenvalue weighted by atomic mass is 16.2. The first kappa shape index (κ1) is 20.1. The smallest absolute Gasteiger partial charge is 0.255 e. The molecule has 0 saturated carbocycles. The number of aromatic nitrogens is 1. The van der Waals surface area contributed by atoms with Crippen LogP contribution in [-0.2, 0) is 11.3 Å². The molecule has 0 unspecified atom stereocenters. The predicted octanol–water partition coefficient (Wildman–Crippen LogP) is 3.66. The third-order valence-corrected chi connectivity index (χ3v) is 4.36. The van der Waals surface area contributed by atoms with Crippen LogP contribution in [0.2, 0.25) is 0 Å². The van der Waals surface area contributed by atoms with Gasteiger partial charge in [0.1, 0.15) is 6.54 Å². The van der Waals surface area contributed by atoms with Crippen LogP contribution in [-0.4, -0.2) is 16.4 Å². The van der Waals surface area contributed by atoms with Gasteiger partial charge in [0.15, 0.2) is 0 Å². The number of nitrogens with one attached hydrogen (secondary N) is 2. The molecule has 6 heteroatoms. The fraction of sp³-hybridized carbons (Fsp3) is 0.174. The minimum atomic E-state index is -0.315. The summed E-state index contributed by atoms with van der Waals surface area (Å²) in [6.07, 6.45) is 1.64. The summed E-state index contributed by atoms with van der Waals surface area (Å²) >= 11 is 0. The van der Waals surface area contributed by atoms with Crippen molar-refractivity contribution in [2.45, 2.75) is 27.3 Å². The van der Waals surface area contributed by atoms with Gasteiger partial charge in [0.2, 0.25) is 5.91 Å². The van der Waals surface area contributed by atoms with Crippen LogP contribution in [0.25, 0.3) is 0 Å². The minimum absolute atomic E-state index is 0.0739. The molecule has 0 aliphatic rings. The molecule has 0 bridgehead atoms. The summed E-state index contributed by atoms with van der Waals surface area (Å²) in [4.78, 5) is 36.5. The normalized spacial score (nSPS) is 10.4. The first-order chi connectivity index (χ1) is 13.8. The van der Waals surface area contributed by atoms with Gasteiger partial charge in [0.25, 0.3) is 11.5 Å². The fourth-order valence-corrected chi connectivity index (χ4v) is 3.08. The molecule has 0 aliphatic heterocycles. The first-order valence-electron chi connectivity index (χ1n) is 9.27. The van der Waals surface area contributed by atoms with E-state index in [2.05, 4.69) is 10.6 Å². The number of pyridine rings is 1. The Labute approximate surface area is 169 Å². The summed E-state index contributed by atoms with van der Waals surface area (Å²) in [5.74, 6) is -0.538. The molecule has 3 rings (SSSR count). The molecule has 6 nitrogen and oxygen atoms in total. The SMILES string of the molecule is Cc1cc(C)cc(NC(=O)c2ccc(NC(=O)Cn3cc(C)ccc3=O)cc2)c1. The first-order valence-corrected chi connectivity index (χ1v) is 9.27. The minimum Gasteiger partial charge on any atom is -0.325 e. The molecule has 0 aliphatic carbocycles. The number of nitrogens with zero attached hydrogens (tertiary/aromatic N) is 1. The number of benzene rings is 2. The van der Waals surface area contributed by atoms with Crippen molar-refractivity contribution in [3.05, 3.63) is 93.4 Å². The maximum absolute atomic E-state index is 12.4. The van der Waals surface area contributed by atoms with Gasteiger partial charge in [-0.3, -0.25) is 14.4 Å². The topological polar surface area (TPSA) is 80.2 Å². The second-order valence-corrected chi connectivity index (χ2v) is 7.13. The lowest BCUT2D eigenvalue weighted by molar-refractivity contribution is -0.116. The Hall–Kier alpha value is -3.67. The van der Waals surface area contributed by atoms with Gasteiger partial charge < -0.3 is 15.2 Å². The molecule has 29 heavy (non-hydrogen) atoms. The van der Waals surface area contributed by atoms with E-state index >= 15 is 0 Å². The Morgan fingerprint density at radius 1 is 0.793 bits per heavy atom. The van der Waals surface area contributed by atoms with Crippen LogP contribution in [0.1, 0.15) is 27.0 Å². The van der Waals surface area contributed by atoms with Gasteiger partial charge in [-0.05, 0) is 73.9 Å². The lowest BCUT2D eigenvalue weighted by atomic mass is 10.1. The summed E-state index contributed by atoms with van der Waals surface area (Å²) < 4.78 is 1.36. The van der Waals surface area contributed by atoms with Crippen molar-refractivity contribution in [1.29, 1.82) is 0 Å². The van der Waals surface area contributed by atoms with Crippen LogP contribution >= 0.6 is 0 Å². The summed E-state index contributed by atoms with van der Waals surface area (Å²) in [6.45, 7) is 5.74. The molecule has 2 amide bonds. The molecule has 148 valence electrons. The number of aryl methyl sites for hydroxylation is 3. The van der Waals surface area contributed by atoms with Gasteiger partial charge in [0.05, 0.1) is 0 Å². The number of hydrogen-bond acceptors (Lipinski definition) is 3. The van der Waals surface area contributed by atoms with Crippen molar-refractivity contribution in [2.24, 2.45) is 0 Å². The zero-order valence-electron chi connectivity index (χ0n) is 16.7. The Morgan fingerprint density at radius 3 is 2.10 bits per heavy atom. The van der Waals surface area contributed by atoms with Gasteiger partial charge in [-0.1, -0.05) is 12.1 Å². The highest BCUT2D eigenvalue weighted by molar-refractivity contribution is 6.04. The van der Waals surface area contributed by atoms with Crippen molar-refractivity contribution in [3.8, 4) is 0 Å². The van der Waals surface area contributed by atoms with Crippen molar-refractivity contribution in [3.63, 3.8) is 0 Å². The van der Waals surface area contributed by atoms with Crippen LogP contribution in [0, 0.1) is 20.8 Å². The van der Waals surface area contributed by atoms with Crippen LogP contribution in [0.3, 0.4) is 0 Å². The number of rotatable bonds is 5. The molecule has 0 saturated heterocycles. The predicted molar refractivity (Wildman–Crippen MR) is 114 cm³/mol. The monoisotopic (exact) mass is 389 g/mol. The van der Waals surface area contributed by atoms with E-state index in [-0.39, 0.29) is 23.9 Å². The van der Waals surface area contributed by atoms with Crippen LogP contribution in [0.15, 0.2) is 65.6 Å². The Bertz CT molecular complexity index is 1090. The number of carbonyl (C=O) groups excluding carboxylic acids is 2. The second kappa shape index (κ2) is 8.56. The maximum atomic E-state index is 12.4. The molecular formula is C23H23N3O3. The quantitative estimate of drug-likeness (QED) is 0.699.